The average Bonchev–Trinajstić information content (AvgIpc) is 2.49. The van der Waals surface area contributed by atoms with Gasteiger partial charge in [-0.2, -0.15) is 0 Å². The molecule has 0 aromatic carbocycles. The van der Waals surface area contributed by atoms with Crippen LogP contribution in [0.5, 0.6) is 0 Å². The Hall–Kier alpha value is -1.19. The zero-order valence-corrected chi connectivity index (χ0v) is 14.5. The number of methoxy groups -OCH3 is 1. The maximum absolute atomic E-state index is 10.9. The van der Waals surface area contributed by atoms with Gasteiger partial charge in [0.15, 0.2) is 0 Å². The number of hydrogen-bond donors (Lipinski definition) is 0. The van der Waals surface area contributed by atoms with Gasteiger partial charge >= 0.3 is 5.97 Å². The van der Waals surface area contributed by atoms with Gasteiger partial charge in [0.25, 0.3) is 0 Å². The smallest absolute Gasteiger partial charge is 0.305 e. The van der Waals surface area contributed by atoms with Gasteiger partial charge in [0.2, 0.25) is 0 Å². The highest BCUT2D eigenvalue weighted by atomic mass is 28.3. The second-order valence-electron chi connectivity index (χ2n) is 4.96. The Morgan fingerprint density at radius 3 is 2.20 bits per heavy atom. The molecule has 0 spiro atoms. The molecule has 0 rings (SSSR count). The highest BCUT2D eigenvalue weighted by Gasteiger charge is 2.23. The van der Waals surface area contributed by atoms with Crippen LogP contribution in [0.3, 0.4) is 0 Å². The molecule has 0 amide bonds. The van der Waals surface area contributed by atoms with Gasteiger partial charge < -0.3 is 4.74 Å². The number of esters is 1. The van der Waals surface area contributed by atoms with Crippen molar-refractivity contribution < 1.29 is 9.53 Å². The Bertz CT molecular complexity index is 380. The molecule has 3 heteroatoms. The fraction of sp³-hybridized carbons (Fsp3) is 0.706. The van der Waals surface area contributed by atoms with E-state index >= 15 is 0 Å². The molecule has 0 saturated heterocycles. The van der Waals surface area contributed by atoms with Crippen LogP contribution in [0, 0.1) is 23.3 Å². The molecule has 0 bridgehead atoms. The Morgan fingerprint density at radius 1 is 1.00 bits per heavy atom. The van der Waals surface area contributed by atoms with Gasteiger partial charge in [-0.25, -0.2) is 0 Å². The molecule has 0 radical (unpaired) electrons. The summed E-state index contributed by atoms with van der Waals surface area (Å²) in [6.45, 7) is 6.79. The van der Waals surface area contributed by atoms with E-state index in [1.807, 2.05) is 0 Å². The third kappa shape index (κ3) is 8.07. The number of unbranched alkanes of at least 4 members (excludes halogenated alkanes) is 2. The first-order chi connectivity index (χ1) is 9.64. The molecule has 0 atom stereocenters. The van der Waals surface area contributed by atoms with Crippen molar-refractivity contribution in [2.75, 3.05) is 7.11 Å². The van der Waals surface area contributed by atoms with E-state index in [4.69, 9.17) is 0 Å². The van der Waals surface area contributed by atoms with Crippen molar-refractivity contribution in [1.29, 1.82) is 0 Å². The summed E-state index contributed by atoms with van der Waals surface area (Å²) in [6, 6.07) is 3.73. The second-order valence-corrected chi connectivity index (χ2v) is 9.89. The largest absolute Gasteiger partial charge is 0.469 e. The molecule has 0 saturated carbocycles. The molecular formula is C17H28O2Si. The maximum atomic E-state index is 10.9. The molecule has 0 aromatic rings. The molecule has 0 unspecified atom stereocenters. The van der Waals surface area contributed by atoms with E-state index < -0.39 is 8.07 Å². The summed E-state index contributed by atoms with van der Waals surface area (Å²) < 4.78 is 4.58. The standard InChI is InChI=1S/C17H28O2Si/c1-5-20(6-2,7-3)16-14-12-10-8-9-11-13-15-17(18)19-4/h5-7,9,11-13,15H2,1-4H3. The number of carbonyl (C=O) groups excluding carboxylic acids is 1. The van der Waals surface area contributed by atoms with Crippen LogP contribution in [-0.2, 0) is 9.53 Å². The van der Waals surface area contributed by atoms with Crippen LogP contribution >= 0.6 is 0 Å². The van der Waals surface area contributed by atoms with Crippen LogP contribution in [0.15, 0.2) is 0 Å². The van der Waals surface area contributed by atoms with Crippen LogP contribution in [-0.4, -0.2) is 21.2 Å². The summed E-state index contributed by atoms with van der Waals surface area (Å²) in [4.78, 5) is 10.9. The molecule has 0 fully saturated rings. The topological polar surface area (TPSA) is 26.3 Å². The van der Waals surface area contributed by atoms with Crippen molar-refractivity contribution in [2.24, 2.45) is 0 Å². The van der Waals surface area contributed by atoms with Crippen LogP contribution in [0.2, 0.25) is 18.1 Å². The van der Waals surface area contributed by atoms with Crippen LogP contribution in [0.1, 0.15) is 52.9 Å². The average molecular weight is 292 g/mol. The molecule has 0 aromatic heterocycles. The Morgan fingerprint density at radius 2 is 1.65 bits per heavy atom. The van der Waals surface area contributed by atoms with Crippen molar-refractivity contribution >= 4 is 14.0 Å². The summed E-state index contributed by atoms with van der Waals surface area (Å²) in [7, 11) is 0.128. The minimum atomic E-state index is -1.30. The van der Waals surface area contributed by atoms with E-state index in [-0.39, 0.29) is 5.97 Å². The molecule has 0 aliphatic heterocycles. The van der Waals surface area contributed by atoms with Crippen molar-refractivity contribution in [1.82, 2.24) is 0 Å². The van der Waals surface area contributed by atoms with Crippen LogP contribution in [0.25, 0.3) is 0 Å². The number of carbonyl (C=O) groups is 1. The molecule has 2 nitrogen and oxygen atoms in total. The zero-order valence-electron chi connectivity index (χ0n) is 13.5. The quantitative estimate of drug-likeness (QED) is 0.305. The van der Waals surface area contributed by atoms with Crippen LogP contribution in [0.4, 0.5) is 0 Å². The summed E-state index contributed by atoms with van der Waals surface area (Å²) in [5.41, 5.74) is 3.53. The lowest BCUT2D eigenvalue weighted by Crippen LogP contribution is -2.29. The van der Waals surface area contributed by atoms with Gasteiger partial charge in [-0.15, -0.1) is 11.5 Å². The van der Waals surface area contributed by atoms with Gasteiger partial charge in [-0.3, -0.25) is 4.79 Å². The first-order valence-corrected chi connectivity index (χ1v) is 10.3. The highest BCUT2D eigenvalue weighted by Crippen LogP contribution is 2.18. The van der Waals surface area contributed by atoms with Crippen molar-refractivity contribution in [3.8, 4) is 23.3 Å². The maximum Gasteiger partial charge on any atom is 0.305 e. The van der Waals surface area contributed by atoms with Gasteiger partial charge in [0, 0.05) is 12.8 Å². The Labute approximate surface area is 125 Å². The first kappa shape index (κ1) is 18.8. The third-order valence-electron chi connectivity index (χ3n) is 3.85. The summed E-state index contributed by atoms with van der Waals surface area (Å²) in [6.07, 6.45) is 3.83. The van der Waals surface area contributed by atoms with Gasteiger partial charge in [-0.1, -0.05) is 32.6 Å². The number of rotatable bonds is 7. The lowest BCUT2D eigenvalue weighted by Gasteiger charge is -2.19. The predicted octanol–water partition coefficient (Wildman–Crippen LogP) is 4.16. The fourth-order valence-corrected chi connectivity index (χ4v) is 4.52. The first-order valence-electron chi connectivity index (χ1n) is 7.66. The fourth-order valence-electron chi connectivity index (χ4n) is 2.03. The Kier molecular flexibility index (Phi) is 10.9. The van der Waals surface area contributed by atoms with E-state index in [0.29, 0.717) is 12.8 Å². The minimum Gasteiger partial charge on any atom is -0.469 e. The van der Waals surface area contributed by atoms with Crippen LogP contribution < -0.4 is 0 Å². The van der Waals surface area contributed by atoms with Gasteiger partial charge in [0.05, 0.1) is 13.5 Å². The lowest BCUT2D eigenvalue weighted by atomic mass is 10.2. The SMILES string of the molecule is CC[Si](C#CCC#CCCCCC(=O)OC)(CC)CC. The molecule has 0 aliphatic carbocycles. The Balaban J connectivity index is 3.91. The molecule has 0 aliphatic rings. The normalized spacial score (nSPS) is 10.0. The van der Waals surface area contributed by atoms with E-state index in [9.17, 15) is 4.79 Å². The monoisotopic (exact) mass is 292 g/mol. The second kappa shape index (κ2) is 11.6. The van der Waals surface area contributed by atoms with Gasteiger partial charge in [-0.05, 0) is 31.0 Å². The van der Waals surface area contributed by atoms with E-state index in [2.05, 4.69) is 48.8 Å². The molecular weight excluding hydrogens is 264 g/mol. The van der Waals surface area contributed by atoms with Crippen molar-refractivity contribution in [3.63, 3.8) is 0 Å². The van der Waals surface area contributed by atoms with Crippen molar-refractivity contribution in [2.45, 2.75) is 71.0 Å². The molecule has 112 valence electrons. The molecule has 0 N–H and O–H groups in total. The molecule has 20 heavy (non-hydrogen) atoms. The van der Waals surface area contributed by atoms with E-state index in [0.717, 1.165) is 19.3 Å². The summed E-state index contributed by atoms with van der Waals surface area (Å²) in [5.74, 6) is 9.37. The third-order valence-corrected chi connectivity index (χ3v) is 8.61. The number of ether oxygens (including phenoxy) is 1. The van der Waals surface area contributed by atoms with E-state index in [1.54, 1.807) is 0 Å². The van der Waals surface area contributed by atoms with Gasteiger partial charge in [0.1, 0.15) is 8.07 Å². The summed E-state index contributed by atoms with van der Waals surface area (Å²) in [5, 5.41) is 0. The van der Waals surface area contributed by atoms with Crippen molar-refractivity contribution in [3.05, 3.63) is 0 Å². The molecule has 0 heterocycles. The lowest BCUT2D eigenvalue weighted by molar-refractivity contribution is -0.140. The zero-order chi connectivity index (χ0) is 15.3. The highest BCUT2D eigenvalue weighted by molar-refractivity contribution is 6.87. The number of hydrogen-bond acceptors (Lipinski definition) is 2. The van der Waals surface area contributed by atoms with E-state index in [1.165, 1.54) is 25.2 Å². The predicted molar refractivity (Wildman–Crippen MR) is 87.9 cm³/mol. The minimum absolute atomic E-state index is 0.135. The summed E-state index contributed by atoms with van der Waals surface area (Å²) >= 11 is 0.